The zero-order chi connectivity index (χ0) is 27.4. The Morgan fingerprint density at radius 2 is 1.62 bits per heavy atom. The zero-order valence-corrected chi connectivity index (χ0v) is 23.2. The van der Waals surface area contributed by atoms with Crippen LogP contribution in [0.5, 0.6) is 11.5 Å². The van der Waals surface area contributed by atoms with Crippen LogP contribution in [0.25, 0.3) is 10.9 Å². The van der Waals surface area contributed by atoms with Crippen molar-refractivity contribution < 1.29 is 19.0 Å². The number of benzene rings is 3. The van der Waals surface area contributed by atoms with Crippen molar-refractivity contribution >= 4 is 40.6 Å². The number of likely N-dealkylation sites (N-methyl/N-ethyl adjacent to an activating group) is 1. The number of rotatable bonds is 5. The van der Waals surface area contributed by atoms with Crippen molar-refractivity contribution in [1.82, 2.24) is 9.58 Å². The summed E-state index contributed by atoms with van der Waals surface area (Å²) < 4.78 is 17.9. The molecule has 9 heteroatoms. The third-order valence-electron chi connectivity index (χ3n) is 7.19. The molecule has 1 aromatic heterocycles. The van der Waals surface area contributed by atoms with Gasteiger partial charge in [0.2, 0.25) is 0 Å². The van der Waals surface area contributed by atoms with Crippen molar-refractivity contribution in [3.05, 3.63) is 93.6 Å². The third-order valence-corrected chi connectivity index (χ3v) is 7.68. The number of hydrogen-bond acceptors (Lipinski definition) is 6. The summed E-state index contributed by atoms with van der Waals surface area (Å²) in [5.74, 6) is 7.98. The first-order valence-corrected chi connectivity index (χ1v) is 13.7. The van der Waals surface area contributed by atoms with Gasteiger partial charge < -0.3 is 20.1 Å². The van der Waals surface area contributed by atoms with E-state index < -0.39 is 0 Å². The minimum Gasteiger partial charge on any atom is -0.490 e. The van der Waals surface area contributed by atoms with Crippen molar-refractivity contribution in [2.24, 2.45) is 0 Å². The average Bonchev–Trinajstić information content (AvgIpc) is 3.22. The van der Waals surface area contributed by atoms with E-state index in [-0.39, 0.29) is 12.1 Å². The molecule has 1 saturated heterocycles. The van der Waals surface area contributed by atoms with Gasteiger partial charge in [-0.1, -0.05) is 35.3 Å². The van der Waals surface area contributed by atoms with Crippen molar-refractivity contribution in [1.29, 1.82) is 0 Å². The van der Waals surface area contributed by atoms with Gasteiger partial charge in [0, 0.05) is 34.8 Å². The lowest BCUT2D eigenvalue weighted by Crippen LogP contribution is -2.35. The lowest BCUT2D eigenvalue weighted by Gasteiger charge is -2.34. The fourth-order valence-electron chi connectivity index (χ4n) is 5.25. The highest BCUT2D eigenvalue weighted by atomic mass is 35.5. The van der Waals surface area contributed by atoms with E-state index >= 15 is 0 Å². The fourth-order valence-corrected chi connectivity index (χ4v) is 5.55. The van der Waals surface area contributed by atoms with Gasteiger partial charge in [-0.3, -0.25) is 14.4 Å². The molecular formula is C30H31Cl2N3O4. The van der Waals surface area contributed by atoms with Crippen molar-refractivity contribution in [3.8, 4) is 11.5 Å². The van der Waals surface area contributed by atoms with Crippen LogP contribution < -0.4 is 15.3 Å². The molecule has 0 spiro atoms. The van der Waals surface area contributed by atoms with Gasteiger partial charge in [0.15, 0.2) is 0 Å². The lowest BCUT2D eigenvalue weighted by atomic mass is 9.93. The van der Waals surface area contributed by atoms with Gasteiger partial charge in [0.1, 0.15) is 17.6 Å². The zero-order valence-electron chi connectivity index (χ0n) is 21.7. The summed E-state index contributed by atoms with van der Waals surface area (Å²) in [4.78, 5) is 12.2. The summed E-state index contributed by atoms with van der Waals surface area (Å²) in [6.07, 6.45) is 3.11. The minimum absolute atomic E-state index is 0.104. The molecule has 4 aromatic rings. The highest BCUT2D eigenvalue weighted by Gasteiger charge is 2.32. The number of fused-ring (bicyclic) bond motifs is 3. The van der Waals surface area contributed by atoms with E-state index in [1.54, 1.807) is 24.3 Å². The fraction of sp³-hybridized carbons (Fsp3) is 0.300. The molecule has 39 heavy (non-hydrogen) atoms. The first-order chi connectivity index (χ1) is 18.9. The Hall–Kier alpha value is -3.23. The predicted molar refractivity (Wildman–Crippen MR) is 154 cm³/mol. The van der Waals surface area contributed by atoms with Crippen molar-refractivity contribution in [2.75, 3.05) is 32.6 Å². The summed E-state index contributed by atoms with van der Waals surface area (Å²) in [6.45, 7) is 2.92. The number of carbonyl (C=O) groups excluding carboxylic acids is 1. The van der Waals surface area contributed by atoms with E-state index in [2.05, 4.69) is 40.9 Å². The summed E-state index contributed by atoms with van der Waals surface area (Å²) in [5.41, 5.74) is 4.69. The second kappa shape index (κ2) is 12.3. The number of aromatic nitrogens is 1. The largest absolute Gasteiger partial charge is 0.490 e. The van der Waals surface area contributed by atoms with E-state index in [1.807, 2.05) is 22.9 Å². The van der Waals surface area contributed by atoms with Crippen LogP contribution in [0.3, 0.4) is 0 Å². The van der Waals surface area contributed by atoms with Gasteiger partial charge in [-0.15, -0.1) is 0 Å². The van der Waals surface area contributed by atoms with Crippen LogP contribution in [0.4, 0.5) is 0 Å². The summed E-state index contributed by atoms with van der Waals surface area (Å²) in [7, 11) is 2.16. The second-order valence-corrected chi connectivity index (χ2v) is 10.6. The van der Waals surface area contributed by atoms with E-state index in [0.29, 0.717) is 17.2 Å². The Morgan fingerprint density at radius 1 is 0.949 bits per heavy atom. The molecule has 0 radical (unpaired) electrons. The summed E-state index contributed by atoms with van der Waals surface area (Å²) in [6, 6.07) is 21.1. The average molecular weight is 569 g/mol. The Balaban J connectivity index is 0.000000261. The van der Waals surface area contributed by atoms with Gasteiger partial charge in [-0.2, -0.15) is 0 Å². The Bertz CT molecular complexity index is 1420. The first kappa shape index (κ1) is 27.3. The maximum atomic E-state index is 9.80. The maximum absolute atomic E-state index is 9.80. The van der Waals surface area contributed by atoms with Crippen LogP contribution in [0, 0.1) is 0 Å². The van der Waals surface area contributed by atoms with E-state index in [9.17, 15) is 4.79 Å². The summed E-state index contributed by atoms with van der Waals surface area (Å²) in [5, 5.41) is 2.53. The molecule has 3 heterocycles. The van der Waals surface area contributed by atoms with Crippen LogP contribution in [0.2, 0.25) is 10.0 Å². The normalized spacial score (nSPS) is 17.7. The molecule has 0 bridgehead atoms. The molecule has 2 N–H and O–H groups in total. The molecule has 0 aliphatic carbocycles. The number of nitrogens with two attached hydrogens (primary N) is 1. The topological polar surface area (TPSA) is 79.0 Å². The molecule has 2 aliphatic heterocycles. The van der Waals surface area contributed by atoms with Gasteiger partial charge >= 0.3 is 0 Å². The molecule has 1 unspecified atom stereocenters. The monoisotopic (exact) mass is 567 g/mol. The standard InChI is InChI=1S/C23H26ClN3O2.C7H5ClO2/c1-26-11-8-19-20-14-16(24)4-7-21(20)27(25)23(19)22(26)15-2-5-17(6-3-15)29-18-9-12-28-13-10-18;8-6-1-3-7(4-2-6)10-5-9/h2-7,14,18,22H,8-13,25H2,1H3;1-5H. The molecular weight excluding hydrogens is 537 g/mol. The molecule has 204 valence electrons. The Kier molecular flexibility index (Phi) is 8.63. The predicted octanol–water partition coefficient (Wildman–Crippen LogP) is 6.02. The van der Waals surface area contributed by atoms with E-state index in [0.717, 1.165) is 66.4 Å². The van der Waals surface area contributed by atoms with Crippen LogP contribution in [0.1, 0.15) is 35.7 Å². The molecule has 2 aliphatic rings. The van der Waals surface area contributed by atoms with Crippen LogP contribution in [0.15, 0.2) is 66.7 Å². The van der Waals surface area contributed by atoms with Crippen LogP contribution >= 0.6 is 23.2 Å². The molecule has 0 saturated carbocycles. The second-order valence-electron chi connectivity index (χ2n) is 9.70. The third kappa shape index (κ3) is 6.17. The highest BCUT2D eigenvalue weighted by Crippen LogP contribution is 2.40. The number of ether oxygens (including phenoxy) is 3. The maximum Gasteiger partial charge on any atom is 0.298 e. The smallest absolute Gasteiger partial charge is 0.298 e. The van der Waals surface area contributed by atoms with Crippen LogP contribution in [-0.2, 0) is 16.0 Å². The number of hydrogen-bond donors (Lipinski definition) is 1. The first-order valence-electron chi connectivity index (χ1n) is 12.9. The van der Waals surface area contributed by atoms with E-state index in [4.69, 9.17) is 38.5 Å². The molecule has 0 amide bonds. The Morgan fingerprint density at radius 3 is 2.31 bits per heavy atom. The lowest BCUT2D eigenvalue weighted by molar-refractivity contribution is -0.120. The van der Waals surface area contributed by atoms with Gasteiger partial charge in [-0.05, 0) is 79.2 Å². The van der Waals surface area contributed by atoms with Gasteiger partial charge in [-0.25, -0.2) is 0 Å². The highest BCUT2D eigenvalue weighted by molar-refractivity contribution is 6.31. The van der Waals surface area contributed by atoms with Crippen molar-refractivity contribution in [3.63, 3.8) is 0 Å². The molecule has 3 aromatic carbocycles. The molecule has 1 atom stereocenters. The van der Waals surface area contributed by atoms with Crippen LogP contribution in [-0.4, -0.2) is 49.0 Å². The minimum atomic E-state index is 0.104. The number of halogens is 2. The van der Waals surface area contributed by atoms with Crippen molar-refractivity contribution in [2.45, 2.75) is 31.4 Å². The number of nitrogen functional groups attached to an aromatic ring is 1. The van der Waals surface area contributed by atoms with Gasteiger partial charge in [0.05, 0.1) is 30.5 Å². The number of nitrogens with zero attached hydrogens (tertiary/aromatic N) is 2. The van der Waals surface area contributed by atoms with E-state index in [1.165, 1.54) is 11.1 Å². The Labute approximate surface area is 237 Å². The molecule has 7 nitrogen and oxygen atoms in total. The SMILES string of the molecule is CN1CCc2c(n(N)c3ccc(Cl)cc23)C1c1ccc(OC2CCOCC2)cc1.O=COc1ccc(Cl)cc1. The quantitative estimate of drug-likeness (QED) is 0.234. The summed E-state index contributed by atoms with van der Waals surface area (Å²) >= 11 is 11.8. The van der Waals surface area contributed by atoms with Gasteiger partial charge in [0.25, 0.3) is 6.47 Å². The number of carbonyl (C=O) groups is 1. The molecule has 6 rings (SSSR count). The molecule has 1 fully saturated rings.